The normalized spacial score (nSPS) is 12.2. The fourth-order valence-electron chi connectivity index (χ4n) is 4.16. The van der Waals surface area contributed by atoms with E-state index < -0.39 is 16.8 Å². The molecule has 14 nitrogen and oxygen atoms in total. The van der Waals surface area contributed by atoms with E-state index in [1.54, 1.807) is 19.2 Å². The van der Waals surface area contributed by atoms with Gasteiger partial charge in [0.05, 0.1) is 5.02 Å². The molecule has 0 atom stereocenters. The van der Waals surface area contributed by atoms with Gasteiger partial charge in [-0.25, -0.2) is 14.3 Å². The quantitative estimate of drug-likeness (QED) is 0.236. The summed E-state index contributed by atoms with van der Waals surface area (Å²) in [6, 6.07) is 3.34. The van der Waals surface area contributed by atoms with Gasteiger partial charge in [-0.1, -0.05) is 35.8 Å². The molecule has 1 aromatic carbocycles. The molecule has 16 heteroatoms. The van der Waals surface area contributed by atoms with Crippen molar-refractivity contribution < 1.29 is 23.4 Å². The maximum Gasteiger partial charge on any atom is 0.439 e. The van der Waals surface area contributed by atoms with E-state index in [-0.39, 0.29) is 41.2 Å². The Kier molecular flexibility index (Phi) is 8.49. The molecule has 0 radical (unpaired) electrons. The Hall–Kier alpha value is -4.30. The van der Waals surface area contributed by atoms with E-state index in [4.69, 9.17) is 27.9 Å². The molecule has 1 aliphatic rings. The van der Waals surface area contributed by atoms with Crippen molar-refractivity contribution in [2.75, 3.05) is 0 Å². The van der Waals surface area contributed by atoms with Crippen LogP contribution in [0.4, 0.5) is 0 Å². The molecule has 0 spiro atoms. The molecule has 40 heavy (non-hydrogen) atoms. The minimum absolute atomic E-state index is 0.0154. The maximum absolute atomic E-state index is 12.5. The lowest BCUT2D eigenvalue weighted by molar-refractivity contribution is 0.0979. The van der Waals surface area contributed by atoms with Crippen LogP contribution < -0.4 is 21.8 Å². The highest BCUT2D eigenvalue weighted by Gasteiger charge is 2.26. The Balaban J connectivity index is 0.000000350. The van der Waals surface area contributed by atoms with Crippen molar-refractivity contribution in [2.45, 2.75) is 45.4 Å². The third-order valence-corrected chi connectivity index (χ3v) is 6.44. The minimum Gasteiger partial charge on any atom is -0.436 e. The lowest BCUT2D eigenvalue weighted by Crippen LogP contribution is -2.24. The fraction of sp³-hybridized carbons (Fsp3) is 0.333. The van der Waals surface area contributed by atoms with E-state index in [1.807, 2.05) is 18.8 Å². The Morgan fingerprint density at radius 1 is 1.05 bits per heavy atom. The average molecular weight is 593 g/mol. The summed E-state index contributed by atoms with van der Waals surface area (Å²) in [5.41, 5.74) is 3.11. The smallest absolute Gasteiger partial charge is 0.436 e. The number of Topliss-reactive ketones (excluding diaryl/α,β-unsaturated/α-hetero) is 1. The third kappa shape index (κ3) is 6.29. The Morgan fingerprint density at radius 2 is 1.68 bits per heavy atom. The molecule has 3 aromatic heterocycles. The summed E-state index contributed by atoms with van der Waals surface area (Å²) in [4.78, 5) is 60.3. The zero-order valence-electron chi connectivity index (χ0n) is 21.4. The first-order valence-corrected chi connectivity index (χ1v) is 12.6. The van der Waals surface area contributed by atoms with Crippen molar-refractivity contribution in [3.63, 3.8) is 0 Å². The molecule has 0 bridgehead atoms. The number of aromatic nitrogens is 6. The molecule has 0 saturated heterocycles. The van der Waals surface area contributed by atoms with Crippen molar-refractivity contribution >= 4 is 34.2 Å². The molecule has 4 aromatic rings. The number of aromatic amines is 2. The highest BCUT2D eigenvalue weighted by molar-refractivity contribution is 6.67. The lowest BCUT2D eigenvalue weighted by atomic mass is 9.98. The van der Waals surface area contributed by atoms with Crippen molar-refractivity contribution in [1.82, 2.24) is 30.1 Å². The predicted octanol–water partition coefficient (Wildman–Crippen LogP) is 2.68. The highest BCUT2D eigenvalue weighted by Crippen LogP contribution is 2.41. The van der Waals surface area contributed by atoms with Crippen molar-refractivity contribution in [3.8, 4) is 11.6 Å². The van der Waals surface area contributed by atoms with Gasteiger partial charge in [0.25, 0.3) is 10.8 Å². The van der Waals surface area contributed by atoms with Crippen LogP contribution in [0.2, 0.25) is 5.02 Å². The number of nitrogens with one attached hydrogen (secondary N) is 2. The van der Waals surface area contributed by atoms with E-state index in [1.165, 1.54) is 4.68 Å². The Labute approximate surface area is 234 Å². The summed E-state index contributed by atoms with van der Waals surface area (Å²) in [7, 11) is 1.58. The van der Waals surface area contributed by atoms with E-state index in [0.29, 0.717) is 16.3 Å². The van der Waals surface area contributed by atoms with Gasteiger partial charge in [0.2, 0.25) is 23.3 Å². The molecule has 1 aliphatic carbocycles. The second kappa shape index (κ2) is 11.8. The summed E-state index contributed by atoms with van der Waals surface area (Å²) in [6.45, 7) is 3.86. The van der Waals surface area contributed by atoms with Crippen LogP contribution in [0.15, 0.2) is 35.6 Å². The van der Waals surface area contributed by atoms with E-state index in [2.05, 4.69) is 29.4 Å². The average Bonchev–Trinajstić information content (AvgIpc) is 3.65. The van der Waals surface area contributed by atoms with E-state index >= 15 is 0 Å². The van der Waals surface area contributed by atoms with Crippen LogP contribution in [0.1, 0.15) is 69.7 Å². The fourth-order valence-corrected chi connectivity index (χ4v) is 4.53. The molecule has 2 N–H and O–H groups in total. The number of benzene rings is 1. The Morgan fingerprint density at radius 3 is 2.23 bits per heavy atom. The molecular weight excluding hydrogens is 571 g/mol. The number of aryl methyl sites for hydroxylation is 1. The molecule has 0 fully saturated rings. The first-order chi connectivity index (χ1) is 18.9. The molecule has 0 aliphatic heterocycles. The van der Waals surface area contributed by atoms with Gasteiger partial charge in [0.1, 0.15) is 0 Å². The first-order valence-electron chi connectivity index (χ1n) is 11.9. The summed E-state index contributed by atoms with van der Waals surface area (Å²) in [5.74, 6) is -1.55. The number of rotatable bonds is 7. The van der Waals surface area contributed by atoms with Crippen LogP contribution >= 0.6 is 23.2 Å². The molecule has 0 amide bonds. The maximum atomic E-state index is 12.5. The van der Waals surface area contributed by atoms with Gasteiger partial charge in [-0.05, 0) is 59.5 Å². The number of hydrogen-bond acceptors (Lipinski definition) is 11. The van der Waals surface area contributed by atoms with E-state index in [9.17, 15) is 24.0 Å². The molecule has 210 valence electrons. The van der Waals surface area contributed by atoms with Gasteiger partial charge in [0.15, 0.2) is 5.75 Å². The number of halogens is 2. The molecular formula is C24H22Cl2N6O8. The van der Waals surface area contributed by atoms with Crippen molar-refractivity contribution in [3.05, 3.63) is 82.5 Å². The second-order valence-corrected chi connectivity index (χ2v) is 9.79. The monoisotopic (exact) mass is 592 g/mol. The minimum atomic E-state index is -0.846. The Bertz CT molecular complexity index is 1760. The number of carbonyl (C=O) groups excluding carboxylic acids is 2. The number of H-pyrrole nitrogens is 2. The SMILES string of the molecule is CC(C)c1cc(Oc2c(Cl)cc(CC(=O)c3noc(=O)[nH]3)c3c2CCC3)nn(C)c1=O.O=C(Cl)c1noc(=O)[nH]1. The third-order valence-electron chi connectivity index (χ3n) is 5.98. The standard InChI is InChI=1S/C21H21ClN4O5.C3HClN2O3/c1-10(2)14-9-17(24-26(3)20(14)28)30-18-13-6-4-5-12(13)11(7-15(18)22)8-16(27)19-23-21(29)31-25-19;4-1(7)2-5-3(8)9-6-2/h7,9-10H,4-6,8H2,1-3H3,(H,23,25,29);(H,5,6,8). The summed E-state index contributed by atoms with van der Waals surface area (Å²) in [6.07, 6.45) is 2.45. The highest BCUT2D eigenvalue weighted by atomic mass is 35.5. The van der Waals surface area contributed by atoms with Gasteiger partial charge < -0.3 is 4.74 Å². The van der Waals surface area contributed by atoms with Crippen LogP contribution in [0, 0.1) is 0 Å². The summed E-state index contributed by atoms with van der Waals surface area (Å²) in [5, 5.41) is 10.2. The zero-order valence-corrected chi connectivity index (χ0v) is 22.9. The number of nitrogens with zero attached hydrogens (tertiary/aromatic N) is 4. The van der Waals surface area contributed by atoms with Gasteiger partial charge in [-0.15, -0.1) is 5.10 Å². The predicted molar refractivity (Wildman–Crippen MR) is 140 cm³/mol. The number of ketones is 1. The number of hydrogen-bond donors (Lipinski definition) is 2. The van der Waals surface area contributed by atoms with Crippen LogP contribution in [-0.4, -0.2) is 41.1 Å². The second-order valence-electron chi connectivity index (χ2n) is 9.04. The number of ether oxygens (including phenoxy) is 1. The van der Waals surface area contributed by atoms with Gasteiger partial charge in [-0.3, -0.25) is 33.4 Å². The van der Waals surface area contributed by atoms with Crippen LogP contribution in [0.3, 0.4) is 0 Å². The van der Waals surface area contributed by atoms with Crippen LogP contribution in [-0.2, 0) is 26.3 Å². The van der Waals surface area contributed by atoms with Crippen LogP contribution in [0.5, 0.6) is 11.6 Å². The first kappa shape index (κ1) is 28.7. The van der Waals surface area contributed by atoms with E-state index in [0.717, 1.165) is 36.0 Å². The lowest BCUT2D eigenvalue weighted by Gasteiger charge is -2.16. The summed E-state index contributed by atoms with van der Waals surface area (Å²) >= 11 is 11.4. The number of carbonyl (C=O) groups is 2. The zero-order chi connectivity index (χ0) is 29.1. The topological polar surface area (TPSA) is 196 Å². The van der Waals surface area contributed by atoms with Gasteiger partial charge >= 0.3 is 11.5 Å². The van der Waals surface area contributed by atoms with Crippen LogP contribution in [0.25, 0.3) is 0 Å². The molecule has 5 rings (SSSR count). The van der Waals surface area contributed by atoms with Gasteiger partial charge in [-0.2, -0.15) is 0 Å². The number of fused-ring (bicyclic) bond motifs is 1. The largest absolute Gasteiger partial charge is 0.439 e. The summed E-state index contributed by atoms with van der Waals surface area (Å²) < 4.78 is 15.7. The molecule has 0 unspecified atom stereocenters. The van der Waals surface area contributed by atoms with Crippen molar-refractivity contribution in [1.29, 1.82) is 0 Å². The van der Waals surface area contributed by atoms with Gasteiger partial charge in [0, 0.05) is 25.1 Å². The van der Waals surface area contributed by atoms with Crippen molar-refractivity contribution in [2.24, 2.45) is 7.05 Å². The molecule has 3 heterocycles. The molecule has 0 saturated carbocycles.